The molecule has 0 bridgehead atoms. The van der Waals surface area contributed by atoms with Crippen LogP contribution in [-0.2, 0) is 9.59 Å². The van der Waals surface area contributed by atoms with Gasteiger partial charge in [-0.3, -0.25) is 14.5 Å². The monoisotopic (exact) mass is 472 g/mol. The number of carbonyl (C=O) groups is 2. The number of carbonyl (C=O) groups excluding carboxylic acids is 1. The molecule has 0 saturated carbocycles. The Hall–Kier alpha value is -2.98. The van der Waals surface area contributed by atoms with Gasteiger partial charge < -0.3 is 20.3 Å². The highest BCUT2D eigenvalue weighted by atomic mass is 79.9. The van der Waals surface area contributed by atoms with Crippen LogP contribution in [-0.4, -0.2) is 63.0 Å². The molecule has 3 aromatic rings. The third-order valence-electron chi connectivity index (χ3n) is 5.13. The average Bonchev–Trinajstić information content (AvgIpc) is 3.11. The lowest BCUT2D eigenvalue weighted by molar-refractivity contribution is -0.143. The minimum absolute atomic E-state index is 0.155. The van der Waals surface area contributed by atoms with Gasteiger partial charge in [-0.1, -0.05) is 6.07 Å². The van der Waals surface area contributed by atoms with E-state index in [9.17, 15) is 14.7 Å². The number of anilines is 2. The third kappa shape index (κ3) is 4.14. The van der Waals surface area contributed by atoms with Crippen molar-refractivity contribution >= 4 is 50.3 Å². The predicted molar refractivity (Wildman–Crippen MR) is 116 cm³/mol. The first-order valence-electron chi connectivity index (χ1n) is 9.50. The Kier molecular flexibility index (Phi) is 5.69. The van der Waals surface area contributed by atoms with Crippen molar-refractivity contribution in [3.05, 3.63) is 46.8 Å². The van der Waals surface area contributed by atoms with E-state index in [-0.39, 0.29) is 5.91 Å². The highest BCUT2D eigenvalue weighted by molar-refractivity contribution is 9.10. The van der Waals surface area contributed by atoms with Gasteiger partial charge in [-0.2, -0.15) is 0 Å². The van der Waals surface area contributed by atoms with Gasteiger partial charge in [0.25, 0.3) is 0 Å². The number of rotatable bonds is 5. The lowest BCUT2D eigenvalue weighted by Crippen LogP contribution is -2.49. The number of piperazine rings is 1. The molecule has 1 aromatic carbocycles. The van der Waals surface area contributed by atoms with Crippen LogP contribution in [0.25, 0.3) is 10.9 Å². The molecule has 2 aromatic heterocycles. The number of halogens is 1. The minimum Gasteiger partial charge on any atom is -0.480 e. The zero-order chi connectivity index (χ0) is 21.3. The Bertz CT molecular complexity index is 1080. The van der Waals surface area contributed by atoms with E-state index < -0.39 is 12.0 Å². The van der Waals surface area contributed by atoms with Crippen LogP contribution in [0, 0.1) is 0 Å². The number of benzene rings is 1. The molecule has 1 aliphatic rings. The fourth-order valence-corrected chi connectivity index (χ4v) is 4.00. The van der Waals surface area contributed by atoms with Crippen LogP contribution in [0.5, 0.6) is 0 Å². The van der Waals surface area contributed by atoms with E-state index in [0.29, 0.717) is 43.4 Å². The second kappa shape index (κ2) is 8.41. The summed E-state index contributed by atoms with van der Waals surface area (Å²) in [5, 5.41) is 13.6. The Labute approximate surface area is 181 Å². The molecule has 1 amide bonds. The van der Waals surface area contributed by atoms with E-state index in [0.717, 1.165) is 15.4 Å². The summed E-state index contributed by atoms with van der Waals surface area (Å²) in [6.07, 6.45) is 5.15. The average molecular weight is 473 g/mol. The van der Waals surface area contributed by atoms with Gasteiger partial charge in [-0.25, -0.2) is 9.97 Å². The van der Waals surface area contributed by atoms with E-state index >= 15 is 0 Å². The first-order chi connectivity index (χ1) is 14.4. The first kappa shape index (κ1) is 20.3. The van der Waals surface area contributed by atoms with Crippen molar-refractivity contribution in [2.45, 2.75) is 13.0 Å². The zero-order valence-corrected chi connectivity index (χ0v) is 17.9. The van der Waals surface area contributed by atoms with Gasteiger partial charge in [-0.15, -0.1) is 0 Å². The van der Waals surface area contributed by atoms with Crippen molar-refractivity contribution in [3.8, 4) is 0 Å². The number of carboxylic acids is 1. The molecule has 0 aliphatic carbocycles. The molecule has 1 saturated heterocycles. The minimum atomic E-state index is -0.893. The van der Waals surface area contributed by atoms with E-state index in [1.54, 1.807) is 24.7 Å². The van der Waals surface area contributed by atoms with Gasteiger partial charge >= 0.3 is 5.97 Å². The number of aromatic amines is 1. The largest absolute Gasteiger partial charge is 0.480 e. The molecule has 156 valence electrons. The van der Waals surface area contributed by atoms with Gasteiger partial charge in [0.15, 0.2) is 0 Å². The maximum absolute atomic E-state index is 12.2. The molecule has 1 unspecified atom stereocenters. The SMILES string of the molecule is CC(=O)Nc1ccc2c(C(C(=O)O)N3CCN(c4ncc(Br)cn4)CC3)c[nH]c2c1. The fraction of sp³-hybridized carbons (Fsp3) is 0.300. The van der Waals surface area contributed by atoms with Crippen molar-refractivity contribution in [1.29, 1.82) is 0 Å². The number of H-pyrrole nitrogens is 1. The molecular weight excluding hydrogens is 452 g/mol. The predicted octanol–water partition coefficient (Wildman–Crippen LogP) is 2.63. The van der Waals surface area contributed by atoms with Crippen LogP contribution in [0.1, 0.15) is 18.5 Å². The number of aliphatic carboxylic acids is 1. The maximum Gasteiger partial charge on any atom is 0.325 e. The van der Waals surface area contributed by atoms with Crippen molar-refractivity contribution in [1.82, 2.24) is 19.9 Å². The Morgan fingerprint density at radius 2 is 1.90 bits per heavy atom. The molecule has 1 aliphatic heterocycles. The number of carboxylic acid groups (broad SMARTS) is 1. The second-order valence-electron chi connectivity index (χ2n) is 7.15. The van der Waals surface area contributed by atoms with Crippen LogP contribution in [0.15, 0.2) is 41.3 Å². The smallest absolute Gasteiger partial charge is 0.325 e. The van der Waals surface area contributed by atoms with Crippen LogP contribution < -0.4 is 10.2 Å². The van der Waals surface area contributed by atoms with Crippen molar-refractivity contribution in [3.63, 3.8) is 0 Å². The highest BCUT2D eigenvalue weighted by Crippen LogP contribution is 2.31. The normalized spacial score (nSPS) is 15.9. The number of fused-ring (bicyclic) bond motifs is 1. The summed E-state index contributed by atoms with van der Waals surface area (Å²) in [5.41, 5.74) is 2.16. The summed E-state index contributed by atoms with van der Waals surface area (Å²) in [6.45, 7) is 3.88. The van der Waals surface area contributed by atoms with E-state index in [2.05, 4.69) is 41.1 Å². The van der Waals surface area contributed by atoms with Gasteiger partial charge in [-0.05, 0) is 28.1 Å². The fourth-order valence-electron chi connectivity index (χ4n) is 3.79. The zero-order valence-electron chi connectivity index (χ0n) is 16.3. The highest BCUT2D eigenvalue weighted by Gasteiger charge is 2.32. The van der Waals surface area contributed by atoms with Gasteiger partial charge in [0, 0.05) is 73.8 Å². The summed E-state index contributed by atoms with van der Waals surface area (Å²) in [6, 6.07) is 4.66. The summed E-state index contributed by atoms with van der Waals surface area (Å²) in [4.78, 5) is 39.3. The lowest BCUT2D eigenvalue weighted by atomic mass is 10.0. The summed E-state index contributed by atoms with van der Waals surface area (Å²) in [5.74, 6) is -0.408. The quantitative estimate of drug-likeness (QED) is 0.522. The van der Waals surface area contributed by atoms with E-state index in [1.165, 1.54) is 6.92 Å². The van der Waals surface area contributed by atoms with Crippen molar-refractivity contribution in [2.24, 2.45) is 0 Å². The number of hydrogen-bond donors (Lipinski definition) is 3. The Morgan fingerprint density at radius 1 is 1.20 bits per heavy atom. The van der Waals surface area contributed by atoms with Crippen molar-refractivity contribution in [2.75, 3.05) is 36.4 Å². The number of hydrogen-bond acceptors (Lipinski definition) is 6. The number of nitrogens with zero attached hydrogens (tertiary/aromatic N) is 4. The topological polar surface area (TPSA) is 114 Å². The van der Waals surface area contributed by atoms with E-state index in [4.69, 9.17) is 0 Å². The van der Waals surface area contributed by atoms with Crippen LogP contribution >= 0.6 is 15.9 Å². The molecule has 30 heavy (non-hydrogen) atoms. The second-order valence-corrected chi connectivity index (χ2v) is 8.07. The number of aromatic nitrogens is 3. The van der Waals surface area contributed by atoms with Crippen molar-refractivity contribution < 1.29 is 14.7 Å². The molecule has 9 nitrogen and oxygen atoms in total. The molecule has 10 heteroatoms. The molecule has 3 heterocycles. The molecular formula is C20H21BrN6O3. The van der Waals surface area contributed by atoms with Gasteiger partial charge in [0.2, 0.25) is 11.9 Å². The summed E-state index contributed by atoms with van der Waals surface area (Å²) < 4.78 is 0.817. The number of amides is 1. The summed E-state index contributed by atoms with van der Waals surface area (Å²) >= 11 is 3.33. The molecule has 0 spiro atoms. The Morgan fingerprint density at radius 3 is 2.53 bits per heavy atom. The van der Waals surface area contributed by atoms with Gasteiger partial charge in [0.1, 0.15) is 6.04 Å². The van der Waals surface area contributed by atoms with Gasteiger partial charge in [0.05, 0.1) is 4.47 Å². The molecule has 4 rings (SSSR count). The first-order valence-corrected chi connectivity index (χ1v) is 10.3. The summed E-state index contributed by atoms with van der Waals surface area (Å²) in [7, 11) is 0. The molecule has 0 radical (unpaired) electrons. The van der Waals surface area contributed by atoms with Crippen LogP contribution in [0.3, 0.4) is 0 Å². The molecule has 1 fully saturated rings. The maximum atomic E-state index is 12.2. The third-order valence-corrected chi connectivity index (χ3v) is 5.54. The van der Waals surface area contributed by atoms with Crippen LogP contribution in [0.2, 0.25) is 0 Å². The Balaban J connectivity index is 1.54. The van der Waals surface area contributed by atoms with Crippen LogP contribution in [0.4, 0.5) is 11.6 Å². The molecule has 3 N–H and O–H groups in total. The molecule has 1 atom stereocenters. The number of nitrogens with one attached hydrogen (secondary N) is 2. The van der Waals surface area contributed by atoms with E-state index in [1.807, 2.05) is 17.0 Å². The standard InChI is InChI=1S/C20H21BrN6O3/c1-12(28)25-14-2-3-15-16(11-22-17(15)8-14)18(19(29)30)26-4-6-27(7-5-26)20-23-9-13(21)10-24-20/h2-3,8-11,18,22H,4-7H2,1H3,(H,25,28)(H,29,30). The lowest BCUT2D eigenvalue weighted by Gasteiger charge is -2.37.